The van der Waals surface area contributed by atoms with Crippen molar-refractivity contribution in [2.24, 2.45) is 0 Å². The predicted molar refractivity (Wildman–Crippen MR) is 134 cm³/mol. The van der Waals surface area contributed by atoms with Gasteiger partial charge in [0.2, 0.25) is 11.8 Å². The highest BCUT2D eigenvalue weighted by atomic mass is 32.2. The van der Waals surface area contributed by atoms with E-state index in [0.717, 1.165) is 29.9 Å². The third-order valence-corrected chi connectivity index (χ3v) is 6.55. The van der Waals surface area contributed by atoms with Crippen molar-refractivity contribution in [2.45, 2.75) is 18.0 Å². The Bertz CT molecular complexity index is 1340. The van der Waals surface area contributed by atoms with Crippen molar-refractivity contribution in [1.29, 1.82) is 0 Å². The highest BCUT2D eigenvalue weighted by molar-refractivity contribution is 7.99. The number of rotatable bonds is 7. The molecule has 2 amide bonds. The molecule has 4 aromatic rings. The normalized spacial score (nSPS) is 13.3. The van der Waals surface area contributed by atoms with Crippen LogP contribution < -0.4 is 10.2 Å². The van der Waals surface area contributed by atoms with Gasteiger partial charge in [0, 0.05) is 35.6 Å². The summed E-state index contributed by atoms with van der Waals surface area (Å²) < 4.78 is 15.3. The van der Waals surface area contributed by atoms with E-state index >= 15 is 0 Å². The summed E-state index contributed by atoms with van der Waals surface area (Å²) in [4.78, 5) is 26.3. The second-order valence-corrected chi connectivity index (χ2v) is 8.96. The number of nitrogens with one attached hydrogen (secondary N) is 1. The zero-order valence-corrected chi connectivity index (χ0v) is 19.5. The van der Waals surface area contributed by atoms with Crippen LogP contribution in [0.2, 0.25) is 0 Å². The van der Waals surface area contributed by atoms with Gasteiger partial charge in [-0.05, 0) is 67.1 Å². The highest BCUT2D eigenvalue weighted by Gasteiger charge is 2.21. The molecule has 176 valence electrons. The number of amides is 2. The lowest BCUT2D eigenvalue weighted by Crippen LogP contribution is -2.23. The monoisotopic (exact) mass is 487 g/mol. The van der Waals surface area contributed by atoms with Crippen LogP contribution in [0.3, 0.4) is 0 Å². The largest absolute Gasteiger partial charge is 0.325 e. The molecule has 0 spiro atoms. The van der Waals surface area contributed by atoms with Crippen molar-refractivity contribution >= 4 is 35.0 Å². The van der Waals surface area contributed by atoms with Crippen LogP contribution in [0.5, 0.6) is 0 Å². The number of hydrogen-bond donors (Lipinski definition) is 1. The van der Waals surface area contributed by atoms with Crippen LogP contribution in [0.4, 0.5) is 15.8 Å². The smallest absolute Gasteiger partial charge is 0.234 e. The molecule has 0 saturated carbocycles. The Morgan fingerprint density at radius 1 is 0.943 bits per heavy atom. The van der Waals surface area contributed by atoms with E-state index < -0.39 is 0 Å². The summed E-state index contributed by atoms with van der Waals surface area (Å²) in [5, 5.41) is 12.0. The molecule has 9 heteroatoms. The van der Waals surface area contributed by atoms with E-state index in [2.05, 4.69) is 15.5 Å². The SMILES string of the molecule is O=C(CSc1nnc(-c2ccc(F)cc2)n1-c1ccccc1)Nc1ccc(N2CCCC2=O)cc1. The lowest BCUT2D eigenvalue weighted by atomic mass is 10.2. The van der Waals surface area contributed by atoms with Gasteiger partial charge < -0.3 is 10.2 Å². The molecule has 1 aliphatic heterocycles. The van der Waals surface area contributed by atoms with Gasteiger partial charge in [0.25, 0.3) is 0 Å². The van der Waals surface area contributed by atoms with Crippen molar-refractivity contribution in [3.05, 3.63) is 84.7 Å². The second kappa shape index (κ2) is 10.1. The average Bonchev–Trinajstić information content (AvgIpc) is 3.50. The van der Waals surface area contributed by atoms with E-state index in [1.807, 2.05) is 47.0 Å². The molecule has 0 bridgehead atoms. The molecule has 1 fully saturated rings. The van der Waals surface area contributed by atoms with Crippen LogP contribution in [0, 0.1) is 5.82 Å². The number of thioether (sulfide) groups is 1. The molecule has 35 heavy (non-hydrogen) atoms. The third-order valence-electron chi connectivity index (χ3n) is 5.62. The standard InChI is InChI=1S/C26H22FN5O2S/c27-19-10-8-18(9-11-19)25-29-30-26(32(25)22-5-2-1-3-6-22)35-17-23(33)28-20-12-14-21(15-13-20)31-16-4-7-24(31)34/h1-3,5-6,8-15H,4,7,16-17H2,(H,28,33). The van der Waals surface area contributed by atoms with Crippen LogP contribution in [-0.4, -0.2) is 38.9 Å². The Labute approximate surface area is 206 Å². The maximum Gasteiger partial charge on any atom is 0.234 e. The van der Waals surface area contributed by atoms with Gasteiger partial charge in [-0.25, -0.2) is 4.39 Å². The number of benzene rings is 3. The Hall–Kier alpha value is -3.98. The quantitative estimate of drug-likeness (QED) is 0.374. The van der Waals surface area contributed by atoms with Crippen molar-refractivity contribution in [1.82, 2.24) is 14.8 Å². The van der Waals surface area contributed by atoms with Gasteiger partial charge in [0.15, 0.2) is 11.0 Å². The van der Waals surface area contributed by atoms with Crippen LogP contribution in [0.15, 0.2) is 84.0 Å². The van der Waals surface area contributed by atoms with Gasteiger partial charge in [-0.2, -0.15) is 0 Å². The zero-order chi connectivity index (χ0) is 24.2. The first-order valence-corrected chi connectivity index (χ1v) is 12.2. The second-order valence-electron chi connectivity index (χ2n) is 8.02. The Balaban J connectivity index is 1.30. The molecule has 1 N–H and O–H groups in total. The van der Waals surface area contributed by atoms with E-state index in [-0.39, 0.29) is 23.4 Å². The van der Waals surface area contributed by atoms with E-state index in [9.17, 15) is 14.0 Å². The minimum Gasteiger partial charge on any atom is -0.325 e. The average molecular weight is 488 g/mol. The van der Waals surface area contributed by atoms with Crippen LogP contribution in [-0.2, 0) is 9.59 Å². The van der Waals surface area contributed by atoms with Gasteiger partial charge in [-0.1, -0.05) is 30.0 Å². The van der Waals surface area contributed by atoms with Crippen LogP contribution in [0.25, 0.3) is 17.1 Å². The minimum atomic E-state index is -0.328. The number of anilines is 2. The van der Waals surface area contributed by atoms with Gasteiger partial charge in [-0.15, -0.1) is 10.2 Å². The molecule has 1 aliphatic rings. The van der Waals surface area contributed by atoms with Gasteiger partial charge in [0.1, 0.15) is 5.82 Å². The summed E-state index contributed by atoms with van der Waals surface area (Å²) in [5.41, 5.74) is 3.05. The number of halogens is 1. The molecule has 2 heterocycles. The number of hydrogen-bond acceptors (Lipinski definition) is 5. The summed E-state index contributed by atoms with van der Waals surface area (Å²) in [5.74, 6) is 0.296. The maximum absolute atomic E-state index is 13.4. The summed E-state index contributed by atoms with van der Waals surface area (Å²) in [7, 11) is 0. The van der Waals surface area contributed by atoms with Crippen molar-refractivity contribution in [3.8, 4) is 17.1 Å². The fraction of sp³-hybridized carbons (Fsp3) is 0.154. The molecule has 0 radical (unpaired) electrons. The molecule has 7 nitrogen and oxygen atoms in total. The van der Waals surface area contributed by atoms with Crippen LogP contribution in [0.1, 0.15) is 12.8 Å². The number of nitrogens with zero attached hydrogens (tertiary/aromatic N) is 4. The number of carbonyl (C=O) groups excluding carboxylic acids is 2. The fourth-order valence-electron chi connectivity index (χ4n) is 3.93. The highest BCUT2D eigenvalue weighted by Crippen LogP contribution is 2.28. The third kappa shape index (κ3) is 5.09. The van der Waals surface area contributed by atoms with Crippen molar-refractivity contribution in [3.63, 3.8) is 0 Å². The molecule has 0 atom stereocenters. The van der Waals surface area contributed by atoms with Crippen LogP contribution >= 0.6 is 11.8 Å². The molecule has 5 rings (SSSR count). The summed E-state index contributed by atoms with van der Waals surface area (Å²) in [6, 6.07) is 22.9. The van der Waals surface area contributed by atoms with Crippen molar-refractivity contribution < 1.29 is 14.0 Å². The molecule has 1 saturated heterocycles. The predicted octanol–water partition coefficient (Wildman–Crippen LogP) is 4.93. The molecular weight excluding hydrogens is 465 g/mol. The number of carbonyl (C=O) groups is 2. The number of aromatic nitrogens is 3. The molecule has 1 aromatic heterocycles. The minimum absolute atomic E-state index is 0.126. The molecule has 0 aliphatic carbocycles. The Morgan fingerprint density at radius 3 is 2.37 bits per heavy atom. The maximum atomic E-state index is 13.4. The van der Waals surface area contributed by atoms with Gasteiger partial charge in [-0.3, -0.25) is 14.2 Å². The van der Waals surface area contributed by atoms with Gasteiger partial charge >= 0.3 is 0 Å². The lowest BCUT2D eigenvalue weighted by Gasteiger charge is -2.16. The Kier molecular flexibility index (Phi) is 6.58. The van der Waals surface area contributed by atoms with E-state index in [4.69, 9.17) is 0 Å². The van der Waals surface area contributed by atoms with E-state index in [1.165, 1.54) is 23.9 Å². The summed E-state index contributed by atoms with van der Waals surface area (Å²) >= 11 is 1.26. The van der Waals surface area contributed by atoms with E-state index in [1.54, 1.807) is 29.2 Å². The zero-order valence-electron chi connectivity index (χ0n) is 18.7. The number of para-hydroxylation sites is 1. The molecular formula is C26H22FN5O2S. The van der Waals surface area contributed by atoms with Crippen molar-refractivity contribution in [2.75, 3.05) is 22.5 Å². The topological polar surface area (TPSA) is 80.1 Å². The Morgan fingerprint density at radius 2 is 1.69 bits per heavy atom. The molecule has 3 aromatic carbocycles. The molecule has 0 unspecified atom stereocenters. The van der Waals surface area contributed by atoms with E-state index in [0.29, 0.717) is 23.1 Å². The lowest BCUT2D eigenvalue weighted by molar-refractivity contribution is -0.117. The first-order chi connectivity index (χ1) is 17.1. The van der Waals surface area contributed by atoms with Gasteiger partial charge in [0.05, 0.1) is 5.75 Å². The summed E-state index contributed by atoms with van der Waals surface area (Å²) in [6.07, 6.45) is 1.44. The first-order valence-electron chi connectivity index (χ1n) is 11.2. The fourth-order valence-corrected chi connectivity index (χ4v) is 4.68. The first kappa shape index (κ1) is 22.8. The summed E-state index contributed by atoms with van der Waals surface area (Å²) in [6.45, 7) is 0.725.